The van der Waals surface area contributed by atoms with E-state index in [0.717, 1.165) is 13.1 Å². The van der Waals surface area contributed by atoms with Gasteiger partial charge in [-0.15, -0.1) is 0 Å². The topological polar surface area (TPSA) is 67.2 Å². The standard InChI is InChI=1S/C11H13N3O2/c12-6-9-2-1-3-11(14-9)16-8-10-7-13-4-5-15-10/h1-3,10,13H,4-5,7-8H2. The lowest BCUT2D eigenvalue weighted by Gasteiger charge is -2.23. The molecule has 5 nitrogen and oxygen atoms in total. The summed E-state index contributed by atoms with van der Waals surface area (Å²) in [6, 6.07) is 7.10. The summed E-state index contributed by atoms with van der Waals surface area (Å²) in [5.41, 5.74) is 0.361. The molecule has 1 fully saturated rings. The van der Waals surface area contributed by atoms with Crippen molar-refractivity contribution in [1.29, 1.82) is 5.26 Å². The number of nitrogens with zero attached hydrogens (tertiary/aromatic N) is 2. The molecule has 0 amide bonds. The molecule has 0 spiro atoms. The summed E-state index contributed by atoms with van der Waals surface area (Å²) < 4.78 is 10.9. The molecule has 2 rings (SSSR count). The van der Waals surface area contributed by atoms with Crippen molar-refractivity contribution in [3.63, 3.8) is 0 Å². The van der Waals surface area contributed by atoms with E-state index in [1.54, 1.807) is 18.2 Å². The van der Waals surface area contributed by atoms with Crippen molar-refractivity contribution in [2.24, 2.45) is 0 Å². The lowest BCUT2D eigenvalue weighted by Crippen LogP contribution is -2.41. The van der Waals surface area contributed by atoms with Gasteiger partial charge in [0.15, 0.2) is 0 Å². The molecule has 84 valence electrons. The van der Waals surface area contributed by atoms with Crippen LogP contribution in [0.15, 0.2) is 18.2 Å². The van der Waals surface area contributed by atoms with Crippen molar-refractivity contribution < 1.29 is 9.47 Å². The Morgan fingerprint density at radius 2 is 2.56 bits per heavy atom. The minimum absolute atomic E-state index is 0.0568. The van der Waals surface area contributed by atoms with Crippen LogP contribution < -0.4 is 10.1 Å². The Morgan fingerprint density at radius 1 is 1.62 bits per heavy atom. The molecular formula is C11H13N3O2. The second kappa shape index (κ2) is 5.45. The van der Waals surface area contributed by atoms with E-state index in [1.807, 2.05) is 6.07 Å². The highest BCUT2D eigenvalue weighted by Gasteiger charge is 2.14. The average molecular weight is 219 g/mol. The first-order valence-corrected chi connectivity index (χ1v) is 5.21. The summed E-state index contributed by atoms with van der Waals surface area (Å²) in [4.78, 5) is 4.02. The Hall–Kier alpha value is -1.64. The normalized spacial score (nSPS) is 20.1. The van der Waals surface area contributed by atoms with Crippen molar-refractivity contribution in [2.45, 2.75) is 6.10 Å². The van der Waals surface area contributed by atoms with Gasteiger partial charge in [-0.3, -0.25) is 0 Å². The van der Waals surface area contributed by atoms with Crippen molar-refractivity contribution in [2.75, 3.05) is 26.3 Å². The van der Waals surface area contributed by atoms with Crippen LogP contribution in [0.4, 0.5) is 0 Å². The van der Waals surface area contributed by atoms with Gasteiger partial charge in [0, 0.05) is 19.2 Å². The third-order valence-electron chi connectivity index (χ3n) is 2.26. The van der Waals surface area contributed by atoms with Crippen molar-refractivity contribution >= 4 is 0 Å². The molecule has 0 aliphatic carbocycles. The second-order valence-electron chi connectivity index (χ2n) is 3.48. The maximum atomic E-state index is 8.68. The largest absolute Gasteiger partial charge is 0.475 e. The van der Waals surface area contributed by atoms with E-state index in [-0.39, 0.29) is 6.10 Å². The number of pyridine rings is 1. The van der Waals surface area contributed by atoms with E-state index in [9.17, 15) is 0 Å². The predicted molar refractivity (Wildman–Crippen MR) is 57.1 cm³/mol. The third kappa shape index (κ3) is 2.92. The molecule has 0 radical (unpaired) electrons. The minimum Gasteiger partial charge on any atom is -0.475 e. The van der Waals surface area contributed by atoms with Gasteiger partial charge in [0.1, 0.15) is 24.5 Å². The first-order chi connectivity index (χ1) is 7.88. The van der Waals surface area contributed by atoms with Gasteiger partial charge in [-0.2, -0.15) is 5.26 Å². The molecule has 1 atom stereocenters. The van der Waals surface area contributed by atoms with Gasteiger partial charge in [-0.1, -0.05) is 6.07 Å². The maximum absolute atomic E-state index is 8.68. The molecule has 1 aliphatic heterocycles. The van der Waals surface area contributed by atoms with Crippen LogP contribution in [0.5, 0.6) is 5.88 Å². The first-order valence-electron chi connectivity index (χ1n) is 5.21. The van der Waals surface area contributed by atoms with E-state index >= 15 is 0 Å². The summed E-state index contributed by atoms with van der Waals surface area (Å²) in [5, 5.41) is 11.9. The third-order valence-corrected chi connectivity index (χ3v) is 2.26. The van der Waals surface area contributed by atoms with Crippen LogP contribution in [-0.2, 0) is 4.74 Å². The van der Waals surface area contributed by atoms with Gasteiger partial charge in [0.25, 0.3) is 0 Å². The molecule has 0 saturated carbocycles. The van der Waals surface area contributed by atoms with Crippen LogP contribution in [0.3, 0.4) is 0 Å². The van der Waals surface area contributed by atoms with Gasteiger partial charge in [0.2, 0.25) is 5.88 Å². The van der Waals surface area contributed by atoms with E-state index in [1.165, 1.54) is 0 Å². The molecule has 1 aromatic heterocycles. The van der Waals surface area contributed by atoms with Gasteiger partial charge < -0.3 is 14.8 Å². The second-order valence-corrected chi connectivity index (χ2v) is 3.48. The van der Waals surface area contributed by atoms with Crippen LogP contribution >= 0.6 is 0 Å². The van der Waals surface area contributed by atoms with Crippen LogP contribution in [0.25, 0.3) is 0 Å². The molecule has 1 unspecified atom stereocenters. The summed E-state index contributed by atoms with van der Waals surface area (Å²) in [5.74, 6) is 0.466. The highest BCUT2D eigenvalue weighted by Crippen LogP contribution is 2.08. The highest BCUT2D eigenvalue weighted by molar-refractivity contribution is 5.24. The van der Waals surface area contributed by atoms with Crippen molar-refractivity contribution in [3.05, 3.63) is 23.9 Å². The average Bonchev–Trinajstić information content (AvgIpc) is 2.38. The Morgan fingerprint density at radius 3 is 3.31 bits per heavy atom. The van der Waals surface area contributed by atoms with Gasteiger partial charge >= 0.3 is 0 Å². The minimum atomic E-state index is 0.0568. The van der Waals surface area contributed by atoms with Crippen molar-refractivity contribution in [1.82, 2.24) is 10.3 Å². The molecule has 1 aromatic rings. The predicted octanol–water partition coefficient (Wildman–Crippen LogP) is 0.320. The van der Waals surface area contributed by atoms with Crippen molar-refractivity contribution in [3.8, 4) is 11.9 Å². The number of hydrogen-bond donors (Lipinski definition) is 1. The summed E-state index contributed by atoms with van der Waals surface area (Å²) in [6.07, 6.45) is 0.0568. The fourth-order valence-electron chi connectivity index (χ4n) is 1.46. The Balaban J connectivity index is 1.86. The van der Waals surface area contributed by atoms with Crippen LogP contribution in [0, 0.1) is 11.3 Å². The zero-order valence-electron chi connectivity index (χ0n) is 8.85. The number of aromatic nitrogens is 1. The molecule has 0 bridgehead atoms. The molecule has 16 heavy (non-hydrogen) atoms. The summed E-state index contributed by atoms with van der Waals surface area (Å²) in [6.45, 7) is 2.84. The molecular weight excluding hydrogens is 206 g/mol. The molecule has 1 N–H and O–H groups in total. The molecule has 1 saturated heterocycles. The number of ether oxygens (including phenoxy) is 2. The van der Waals surface area contributed by atoms with Gasteiger partial charge in [-0.25, -0.2) is 4.98 Å². The SMILES string of the molecule is N#Cc1cccc(OCC2CNCCO2)n1. The number of rotatable bonds is 3. The maximum Gasteiger partial charge on any atom is 0.214 e. The molecule has 1 aliphatic rings. The van der Waals surface area contributed by atoms with Gasteiger partial charge in [-0.05, 0) is 6.07 Å². The monoisotopic (exact) mass is 219 g/mol. The highest BCUT2D eigenvalue weighted by atomic mass is 16.5. The molecule has 0 aromatic carbocycles. The number of morpholine rings is 1. The smallest absolute Gasteiger partial charge is 0.214 e. The lowest BCUT2D eigenvalue weighted by atomic mass is 10.3. The number of hydrogen-bond acceptors (Lipinski definition) is 5. The Labute approximate surface area is 94.0 Å². The zero-order valence-corrected chi connectivity index (χ0v) is 8.85. The molecule has 5 heteroatoms. The van der Waals surface area contributed by atoms with Crippen LogP contribution in [-0.4, -0.2) is 37.4 Å². The van der Waals surface area contributed by atoms with Crippen LogP contribution in [0.1, 0.15) is 5.69 Å². The first kappa shape index (κ1) is 10.9. The van der Waals surface area contributed by atoms with E-state index in [0.29, 0.717) is 24.8 Å². The van der Waals surface area contributed by atoms with E-state index in [4.69, 9.17) is 14.7 Å². The quantitative estimate of drug-likeness (QED) is 0.793. The number of nitrogens with one attached hydrogen (secondary N) is 1. The van der Waals surface area contributed by atoms with E-state index < -0.39 is 0 Å². The van der Waals surface area contributed by atoms with Gasteiger partial charge in [0.05, 0.1) is 6.61 Å². The number of nitriles is 1. The summed E-state index contributed by atoms with van der Waals surface area (Å²) >= 11 is 0. The summed E-state index contributed by atoms with van der Waals surface area (Å²) in [7, 11) is 0. The fraction of sp³-hybridized carbons (Fsp3) is 0.455. The zero-order chi connectivity index (χ0) is 11.2. The fourth-order valence-corrected chi connectivity index (χ4v) is 1.46. The van der Waals surface area contributed by atoms with Crippen LogP contribution in [0.2, 0.25) is 0 Å². The Bertz CT molecular complexity index is 383. The Kier molecular flexibility index (Phi) is 3.70. The van der Waals surface area contributed by atoms with E-state index in [2.05, 4.69) is 10.3 Å². The lowest BCUT2D eigenvalue weighted by molar-refractivity contribution is -0.000751. The molecule has 2 heterocycles.